The lowest BCUT2D eigenvalue weighted by atomic mass is 10.3. The maximum Gasteiger partial charge on any atom is 0.191 e. The number of ether oxygens (including phenoxy) is 1. The molecule has 1 aromatic carbocycles. The minimum absolute atomic E-state index is 0.296. The predicted molar refractivity (Wildman–Crippen MR) is 76.1 cm³/mol. The molecular weight excluding hydrogens is 245 g/mol. The zero-order valence-electron chi connectivity index (χ0n) is 11.7. The van der Waals surface area contributed by atoms with E-state index in [0.29, 0.717) is 24.9 Å². The SMILES string of the molecule is CCNC(=NCCOc1cccc(F)c1)NC(C)C. The van der Waals surface area contributed by atoms with E-state index in [0.717, 1.165) is 12.5 Å². The number of halogens is 1. The van der Waals surface area contributed by atoms with Gasteiger partial charge >= 0.3 is 0 Å². The van der Waals surface area contributed by atoms with Crippen molar-refractivity contribution in [2.75, 3.05) is 19.7 Å². The molecule has 0 radical (unpaired) electrons. The van der Waals surface area contributed by atoms with E-state index < -0.39 is 0 Å². The Morgan fingerprint density at radius 1 is 1.42 bits per heavy atom. The van der Waals surface area contributed by atoms with Crippen LogP contribution in [0, 0.1) is 5.82 Å². The number of hydrogen-bond donors (Lipinski definition) is 2. The topological polar surface area (TPSA) is 45.7 Å². The van der Waals surface area contributed by atoms with Crippen molar-refractivity contribution in [3.63, 3.8) is 0 Å². The van der Waals surface area contributed by atoms with Crippen LogP contribution in [0.4, 0.5) is 4.39 Å². The highest BCUT2D eigenvalue weighted by Crippen LogP contribution is 2.11. The van der Waals surface area contributed by atoms with Crippen LogP contribution in [0.2, 0.25) is 0 Å². The third-order valence-corrected chi connectivity index (χ3v) is 2.20. The molecule has 0 saturated carbocycles. The molecule has 106 valence electrons. The zero-order valence-corrected chi connectivity index (χ0v) is 11.7. The number of aliphatic imine (C=N–C) groups is 1. The van der Waals surface area contributed by atoms with Crippen LogP contribution < -0.4 is 15.4 Å². The van der Waals surface area contributed by atoms with Gasteiger partial charge in [-0.3, -0.25) is 0 Å². The van der Waals surface area contributed by atoms with Crippen molar-refractivity contribution in [1.82, 2.24) is 10.6 Å². The number of nitrogens with zero attached hydrogens (tertiary/aromatic N) is 1. The summed E-state index contributed by atoms with van der Waals surface area (Å²) in [5, 5.41) is 6.36. The molecule has 4 nitrogen and oxygen atoms in total. The van der Waals surface area contributed by atoms with Crippen LogP contribution in [0.15, 0.2) is 29.3 Å². The average Bonchev–Trinajstić information content (AvgIpc) is 2.34. The van der Waals surface area contributed by atoms with Crippen molar-refractivity contribution >= 4 is 5.96 Å². The van der Waals surface area contributed by atoms with E-state index in [-0.39, 0.29) is 5.82 Å². The molecule has 2 N–H and O–H groups in total. The Kier molecular flexibility index (Phi) is 6.71. The second-order valence-corrected chi connectivity index (χ2v) is 4.37. The van der Waals surface area contributed by atoms with Crippen molar-refractivity contribution in [2.24, 2.45) is 4.99 Å². The van der Waals surface area contributed by atoms with E-state index in [4.69, 9.17) is 4.74 Å². The largest absolute Gasteiger partial charge is 0.492 e. The molecule has 0 aliphatic rings. The summed E-state index contributed by atoms with van der Waals surface area (Å²) in [6.07, 6.45) is 0. The predicted octanol–water partition coefficient (Wildman–Crippen LogP) is 2.17. The molecule has 0 aromatic heterocycles. The van der Waals surface area contributed by atoms with Gasteiger partial charge in [0, 0.05) is 18.7 Å². The monoisotopic (exact) mass is 267 g/mol. The van der Waals surface area contributed by atoms with Gasteiger partial charge in [-0.25, -0.2) is 9.38 Å². The second kappa shape index (κ2) is 8.34. The molecule has 0 aliphatic carbocycles. The Bertz CT molecular complexity index is 407. The highest BCUT2D eigenvalue weighted by molar-refractivity contribution is 5.79. The van der Waals surface area contributed by atoms with E-state index in [1.807, 2.05) is 6.92 Å². The van der Waals surface area contributed by atoms with Gasteiger partial charge in [0.1, 0.15) is 18.2 Å². The van der Waals surface area contributed by atoms with E-state index in [1.54, 1.807) is 12.1 Å². The summed E-state index contributed by atoms with van der Waals surface area (Å²) in [6, 6.07) is 6.42. The smallest absolute Gasteiger partial charge is 0.191 e. The van der Waals surface area contributed by atoms with Gasteiger partial charge < -0.3 is 15.4 Å². The third-order valence-electron chi connectivity index (χ3n) is 2.20. The van der Waals surface area contributed by atoms with Crippen LogP contribution >= 0.6 is 0 Å². The Balaban J connectivity index is 2.38. The van der Waals surface area contributed by atoms with Crippen LogP contribution in [-0.4, -0.2) is 31.7 Å². The molecule has 0 bridgehead atoms. The average molecular weight is 267 g/mol. The van der Waals surface area contributed by atoms with Crippen molar-refractivity contribution in [2.45, 2.75) is 26.8 Å². The van der Waals surface area contributed by atoms with Crippen molar-refractivity contribution in [3.8, 4) is 5.75 Å². The third kappa shape index (κ3) is 6.64. The number of guanidine groups is 1. The molecule has 0 saturated heterocycles. The Labute approximate surface area is 114 Å². The lowest BCUT2D eigenvalue weighted by molar-refractivity contribution is 0.326. The fraction of sp³-hybridized carbons (Fsp3) is 0.500. The lowest BCUT2D eigenvalue weighted by Gasteiger charge is -2.14. The van der Waals surface area contributed by atoms with Crippen LogP contribution in [0.3, 0.4) is 0 Å². The highest BCUT2D eigenvalue weighted by Gasteiger charge is 1.99. The minimum Gasteiger partial charge on any atom is -0.492 e. The summed E-state index contributed by atoms with van der Waals surface area (Å²) in [4.78, 5) is 4.37. The summed E-state index contributed by atoms with van der Waals surface area (Å²) < 4.78 is 18.3. The number of hydrogen-bond acceptors (Lipinski definition) is 2. The molecule has 0 fully saturated rings. The van der Waals surface area contributed by atoms with E-state index >= 15 is 0 Å². The molecule has 1 rings (SSSR count). The first-order chi connectivity index (χ1) is 9.11. The van der Waals surface area contributed by atoms with Gasteiger partial charge in [0.2, 0.25) is 0 Å². The fourth-order valence-corrected chi connectivity index (χ4v) is 1.47. The van der Waals surface area contributed by atoms with E-state index in [9.17, 15) is 4.39 Å². The maximum atomic E-state index is 12.9. The lowest BCUT2D eigenvalue weighted by Crippen LogP contribution is -2.41. The van der Waals surface area contributed by atoms with Gasteiger partial charge in [0.15, 0.2) is 5.96 Å². The molecular formula is C14H22FN3O. The Hall–Kier alpha value is -1.78. The first-order valence-corrected chi connectivity index (χ1v) is 6.55. The molecule has 0 spiro atoms. The Morgan fingerprint density at radius 2 is 2.21 bits per heavy atom. The number of rotatable bonds is 6. The van der Waals surface area contributed by atoms with Crippen molar-refractivity contribution in [1.29, 1.82) is 0 Å². The maximum absolute atomic E-state index is 12.9. The van der Waals surface area contributed by atoms with Gasteiger partial charge in [-0.1, -0.05) is 6.07 Å². The van der Waals surface area contributed by atoms with E-state index in [1.165, 1.54) is 12.1 Å². The van der Waals surface area contributed by atoms with Gasteiger partial charge in [0.25, 0.3) is 0 Å². The summed E-state index contributed by atoms with van der Waals surface area (Å²) >= 11 is 0. The van der Waals surface area contributed by atoms with Gasteiger partial charge in [-0.2, -0.15) is 0 Å². The second-order valence-electron chi connectivity index (χ2n) is 4.37. The normalized spacial score (nSPS) is 11.5. The van der Waals surface area contributed by atoms with Crippen LogP contribution in [0.1, 0.15) is 20.8 Å². The summed E-state index contributed by atoms with van der Waals surface area (Å²) in [5.74, 6) is 0.994. The van der Waals surface area contributed by atoms with Gasteiger partial charge in [0.05, 0.1) is 6.54 Å². The molecule has 19 heavy (non-hydrogen) atoms. The summed E-state index contributed by atoms with van der Waals surface area (Å²) in [7, 11) is 0. The molecule has 0 amide bonds. The van der Waals surface area contributed by atoms with Crippen LogP contribution in [-0.2, 0) is 0 Å². The van der Waals surface area contributed by atoms with E-state index in [2.05, 4.69) is 29.5 Å². The van der Waals surface area contributed by atoms with Crippen molar-refractivity contribution in [3.05, 3.63) is 30.1 Å². The van der Waals surface area contributed by atoms with Crippen molar-refractivity contribution < 1.29 is 9.13 Å². The number of benzene rings is 1. The number of nitrogens with one attached hydrogen (secondary N) is 2. The first kappa shape index (κ1) is 15.3. The standard InChI is InChI=1S/C14H22FN3O/c1-4-16-14(18-11(2)3)17-8-9-19-13-7-5-6-12(15)10-13/h5-7,10-11H,4,8-9H2,1-3H3,(H2,16,17,18). The van der Waals surface area contributed by atoms with Crippen LogP contribution in [0.25, 0.3) is 0 Å². The first-order valence-electron chi connectivity index (χ1n) is 6.55. The molecule has 1 aromatic rings. The molecule has 0 heterocycles. The van der Waals surface area contributed by atoms with Gasteiger partial charge in [-0.05, 0) is 32.9 Å². The van der Waals surface area contributed by atoms with Gasteiger partial charge in [-0.15, -0.1) is 0 Å². The summed E-state index contributed by atoms with van der Waals surface area (Å²) in [6.45, 7) is 7.85. The molecule has 0 atom stereocenters. The summed E-state index contributed by atoms with van der Waals surface area (Å²) in [5.41, 5.74) is 0. The quantitative estimate of drug-likeness (QED) is 0.472. The minimum atomic E-state index is -0.296. The molecule has 5 heteroatoms. The fourth-order valence-electron chi connectivity index (χ4n) is 1.47. The zero-order chi connectivity index (χ0) is 14.1. The molecule has 0 unspecified atom stereocenters. The molecule has 0 aliphatic heterocycles. The highest BCUT2D eigenvalue weighted by atomic mass is 19.1. The van der Waals surface area contributed by atoms with Crippen LogP contribution in [0.5, 0.6) is 5.75 Å². The Morgan fingerprint density at radius 3 is 2.84 bits per heavy atom.